The summed E-state index contributed by atoms with van der Waals surface area (Å²) in [7, 11) is 0. The molecule has 0 unspecified atom stereocenters. The van der Waals surface area contributed by atoms with E-state index < -0.39 is 0 Å². The summed E-state index contributed by atoms with van der Waals surface area (Å²) in [6, 6.07) is 16.0. The Kier molecular flexibility index (Phi) is 6.41. The molecule has 2 aliphatic rings. The average molecular weight is 458 g/mol. The minimum atomic E-state index is -0.300. The lowest BCUT2D eigenvalue weighted by molar-refractivity contribution is 0.238. The average Bonchev–Trinajstić information content (AvgIpc) is 2.86. The van der Waals surface area contributed by atoms with Gasteiger partial charge in [-0.05, 0) is 60.7 Å². The van der Waals surface area contributed by atoms with Crippen LogP contribution in [0.1, 0.15) is 42.1 Å². The van der Waals surface area contributed by atoms with Crippen LogP contribution < -0.4 is 9.64 Å². The van der Waals surface area contributed by atoms with Crippen molar-refractivity contribution in [1.29, 1.82) is 5.26 Å². The fourth-order valence-electron chi connectivity index (χ4n) is 4.61. The number of hydrogen-bond donors (Lipinski definition) is 0. The van der Waals surface area contributed by atoms with Crippen molar-refractivity contribution in [3.8, 4) is 17.7 Å². The van der Waals surface area contributed by atoms with Crippen molar-refractivity contribution in [2.24, 2.45) is 5.92 Å². The molecule has 6 nitrogen and oxygen atoms in total. The van der Waals surface area contributed by atoms with Crippen molar-refractivity contribution in [3.63, 3.8) is 0 Å². The summed E-state index contributed by atoms with van der Waals surface area (Å²) in [6.07, 6.45) is 3.06. The Morgan fingerprint density at radius 2 is 1.88 bits per heavy atom. The van der Waals surface area contributed by atoms with Gasteiger partial charge in [-0.3, -0.25) is 4.90 Å². The van der Waals surface area contributed by atoms with Crippen molar-refractivity contribution >= 4 is 5.95 Å². The summed E-state index contributed by atoms with van der Waals surface area (Å²) < 4.78 is 19.6. The van der Waals surface area contributed by atoms with Crippen molar-refractivity contribution in [2.75, 3.05) is 24.5 Å². The third-order valence-electron chi connectivity index (χ3n) is 6.65. The number of ether oxygens (including phenoxy) is 1. The smallest absolute Gasteiger partial charge is 0.228 e. The van der Waals surface area contributed by atoms with Crippen molar-refractivity contribution in [2.45, 2.75) is 39.3 Å². The van der Waals surface area contributed by atoms with Crippen LogP contribution in [-0.4, -0.2) is 34.5 Å². The molecule has 3 aromatic rings. The lowest BCUT2D eigenvalue weighted by Gasteiger charge is -2.33. The molecular formula is C27H28FN5O. The van der Waals surface area contributed by atoms with E-state index in [9.17, 15) is 9.65 Å². The van der Waals surface area contributed by atoms with Gasteiger partial charge >= 0.3 is 0 Å². The fraction of sp³-hybridized carbons (Fsp3) is 0.370. The molecule has 3 heterocycles. The van der Waals surface area contributed by atoms with E-state index in [1.807, 2.05) is 24.3 Å². The fourth-order valence-corrected chi connectivity index (χ4v) is 4.61. The van der Waals surface area contributed by atoms with Gasteiger partial charge in [-0.2, -0.15) is 10.2 Å². The number of fused-ring (bicyclic) bond motifs is 1. The van der Waals surface area contributed by atoms with E-state index >= 15 is 0 Å². The zero-order valence-corrected chi connectivity index (χ0v) is 19.4. The van der Waals surface area contributed by atoms with Gasteiger partial charge in [0.15, 0.2) is 0 Å². The number of anilines is 1. The molecule has 1 fully saturated rings. The van der Waals surface area contributed by atoms with Gasteiger partial charge in [0.05, 0.1) is 22.9 Å². The van der Waals surface area contributed by atoms with Crippen LogP contribution in [0.5, 0.6) is 11.6 Å². The number of rotatable bonds is 5. The van der Waals surface area contributed by atoms with Gasteiger partial charge in [-0.1, -0.05) is 19.1 Å². The normalized spacial score (nSPS) is 16.7. The van der Waals surface area contributed by atoms with E-state index in [-0.39, 0.29) is 5.82 Å². The number of benzene rings is 2. The largest absolute Gasteiger partial charge is 0.438 e. The van der Waals surface area contributed by atoms with Crippen LogP contribution in [0.4, 0.5) is 10.3 Å². The van der Waals surface area contributed by atoms with Crippen LogP contribution in [0.3, 0.4) is 0 Å². The molecule has 34 heavy (non-hydrogen) atoms. The first-order valence-corrected chi connectivity index (χ1v) is 11.9. The van der Waals surface area contributed by atoms with E-state index in [2.05, 4.69) is 22.8 Å². The number of nitriles is 1. The number of piperidine rings is 1. The SMILES string of the molecule is CC1CCN(c2nc3c(c(Oc4ccc(F)cc4)n2)CN(Cc2cccc(C#N)c2)CC3)CC1. The minimum Gasteiger partial charge on any atom is -0.438 e. The molecule has 0 bridgehead atoms. The first-order valence-electron chi connectivity index (χ1n) is 11.9. The Balaban J connectivity index is 1.43. The van der Waals surface area contributed by atoms with Gasteiger partial charge in [0.2, 0.25) is 11.8 Å². The molecule has 1 aromatic heterocycles. The summed E-state index contributed by atoms with van der Waals surface area (Å²) in [5.74, 6) is 2.24. The Morgan fingerprint density at radius 3 is 2.65 bits per heavy atom. The molecule has 1 saturated heterocycles. The second-order valence-electron chi connectivity index (χ2n) is 9.25. The molecular weight excluding hydrogens is 429 g/mol. The van der Waals surface area contributed by atoms with Gasteiger partial charge in [-0.15, -0.1) is 0 Å². The first kappa shape index (κ1) is 22.3. The molecule has 0 saturated carbocycles. The lowest BCUT2D eigenvalue weighted by atomic mass is 9.99. The molecule has 0 aliphatic carbocycles. The Hall–Kier alpha value is -3.50. The third-order valence-corrected chi connectivity index (χ3v) is 6.65. The van der Waals surface area contributed by atoms with Gasteiger partial charge in [0.25, 0.3) is 0 Å². The standard InChI is InChI=1S/C27H28FN5O/c1-19-9-13-33(14-10-19)27-30-25-11-12-32(17-21-4-2-3-20(15-21)16-29)18-24(25)26(31-27)34-23-7-5-22(28)6-8-23/h2-8,15,19H,9-14,17-18H2,1H3. The number of nitrogens with zero attached hydrogens (tertiary/aromatic N) is 5. The highest BCUT2D eigenvalue weighted by atomic mass is 19.1. The lowest BCUT2D eigenvalue weighted by Crippen LogP contribution is -2.36. The van der Waals surface area contributed by atoms with Crippen molar-refractivity contribution < 1.29 is 9.13 Å². The summed E-state index contributed by atoms with van der Waals surface area (Å²) in [5, 5.41) is 9.22. The zero-order valence-electron chi connectivity index (χ0n) is 19.4. The Labute approximate surface area is 199 Å². The van der Waals surface area contributed by atoms with Gasteiger partial charge < -0.3 is 9.64 Å². The number of halogens is 1. The van der Waals surface area contributed by atoms with E-state index in [1.165, 1.54) is 12.1 Å². The van der Waals surface area contributed by atoms with Crippen molar-refractivity contribution in [1.82, 2.24) is 14.9 Å². The van der Waals surface area contributed by atoms with Crippen LogP contribution in [0.2, 0.25) is 0 Å². The summed E-state index contributed by atoms with van der Waals surface area (Å²) in [5.41, 5.74) is 3.76. The molecule has 174 valence electrons. The quantitative estimate of drug-likeness (QED) is 0.533. The van der Waals surface area contributed by atoms with E-state index in [0.29, 0.717) is 23.7 Å². The summed E-state index contributed by atoms with van der Waals surface area (Å²) in [6.45, 7) is 6.42. The molecule has 2 aromatic carbocycles. The second-order valence-corrected chi connectivity index (χ2v) is 9.25. The highest BCUT2D eigenvalue weighted by molar-refractivity contribution is 5.44. The maximum Gasteiger partial charge on any atom is 0.228 e. The molecule has 2 aliphatic heterocycles. The highest BCUT2D eigenvalue weighted by Crippen LogP contribution is 2.33. The topological polar surface area (TPSA) is 65.3 Å². The van der Waals surface area contributed by atoms with Crippen LogP contribution in [-0.2, 0) is 19.5 Å². The first-order chi connectivity index (χ1) is 16.6. The molecule has 0 radical (unpaired) electrons. The van der Waals surface area contributed by atoms with Crippen LogP contribution in [0.25, 0.3) is 0 Å². The van der Waals surface area contributed by atoms with E-state index in [1.54, 1.807) is 12.1 Å². The van der Waals surface area contributed by atoms with Crippen LogP contribution >= 0.6 is 0 Å². The van der Waals surface area contributed by atoms with Crippen molar-refractivity contribution in [3.05, 3.63) is 76.7 Å². The Morgan fingerprint density at radius 1 is 1.09 bits per heavy atom. The molecule has 0 amide bonds. The van der Waals surface area contributed by atoms with Crippen LogP contribution in [0, 0.1) is 23.1 Å². The Bertz CT molecular complexity index is 1200. The predicted molar refractivity (Wildman–Crippen MR) is 128 cm³/mol. The number of aromatic nitrogens is 2. The predicted octanol–water partition coefficient (Wildman–Crippen LogP) is 5.07. The summed E-state index contributed by atoms with van der Waals surface area (Å²) >= 11 is 0. The summed E-state index contributed by atoms with van der Waals surface area (Å²) in [4.78, 5) is 14.4. The molecule has 5 rings (SSSR count). The number of hydrogen-bond acceptors (Lipinski definition) is 6. The molecule has 0 N–H and O–H groups in total. The third kappa shape index (κ3) is 5.02. The van der Waals surface area contributed by atoms with Crippen LogP contribution in [0.15, 0.2) is 48.5 Å². The minimum absolute atomic E-state index is 0.300. The maximum atomic E-state index is 13.4. The highest BCUT2D eigenvalue weighted by Gasteiger charge is 2.27. The molecule has 0 atom stereocenters. The van der Waals surface area contributed by atoms with E-state index in [0.717, 1.165) is 74.1 Å². The van der Waals surface area contributed by atoms with Gasteiger partial charge in [-0.25, -0.2) is 9.37 Å². The monoisotopic (exact) mass is 457 g/mol. The molecule has 7 heteroatoms. The maximum absolute atomic E-state index is 13.4. The molecule has 0 spiro atoms. The van der Waals surface area contributed by atoms with Gasteiger partial charge in [0, 0.05) is 39.1 Å². The van der Waals surface area contributed by atoms with E-state index in [4.69, 9.17) is 14.7 Å². The van der Waals surface area contributed by atoms with Gasteiger partial charge in [0.1, 0.15) is 11.6 Å². The zero-order chi connectivity index (χ0) is 23.5. The second kappa shape index (κ2) is 9.78.